The first kappa shape index (κ1) is 16.1. The number of hydrogen-bond acceptors (Lipinski definition) is 6. The fourth-order valence-corrected chi connectivity index (χ4v) is 4.00. The summed E-state index contributed by atoms with van der Waals surface area (Å²) in [6.07, 6.45) is 0. The van der Waals surface area contributed by atoms with Crippen LogP contribution < -0.4 is 10.0 Å². The van der Waals surface area contributed by atoms with E-state index < -0.39 is 16.0 Å². The summed E-state index contributed by atoms with van der Waals surface area (Å²) in [4.78, 5) is 11.5. The van der Waals surface area contributed by atoms with Crippen molar-refractivity contribution in [3.8, 4) is 0 Å². The topological polar surface area (TPSA) is 84.5 Å². The Morgan fingerprint density at radius 3 is 2.74 bits per heavy atom. The van der Waals surface area contributed by atoms with Gasteiger partial charge in [0.1, 0.15) is 9.77 Å². The Hall–Kier alpha value is -0.960. The van der Waals surface area contributed by atoms with E-state index in [0.29, 0.717) is 13.1 Å². The zero-order valence-electron chi connectivity index (χ0n) is 11.1. The van der Waals surface area contributed by atoms with Gasteiger partial charge in [-0.3, -0.25) is 0 Å². The molecule has 8 heteroatoms. The third-order valence-corrected chi connectivity index (χ3v) is 4.95. The molecule has 0 saturated heterocycles. The number of carbonyl (C=O) groups is 1. The van der Waals surface area contributed by atoms with Crippen molar-refractivity contribution in [1.82, 2.24) is 10.0 Å². The van der Waals surface area contributed by atoms with E-state index in [1.165, 1.54) is 13.2 Å². The highest BCUT2D eigenvalue weighted by Gasteiger charge is 2.24. The van der Waals surface area contributed by atoms with Gasteiger partial charge in [-0.1, -0.05) is 6.92 Å². The predicted molar refractivity (Wildman–Crippen MR) is 73.9 cm³/mol. The van der Waals surface area contributed by atoms with E-state index >= 15 is 0 Å². The van der Waals surface area contributed by atoms with Gasteiger partial charge in [-0.15, -0.1) is 11.3 Å². The summed E-state index contributed by atoms with van der Waals surface area (Å²) in [7, 11) is -0.656. The highest BCUT2D eigenvalue weighted by atomic mass is 32.2. The van der Waals surface area contributed by atoms with Crippen LogP contribution in [0.25, 0.3) is 0 Å². The number of ether oxygens (including phenoxy) is 1. The van der Waals surface area contributed by atoms with Gasteiger partial charge in [-0.2, -0.15) is 0 Å². The Morgan fingerprint density at radius 2 is 2.16 bits per heavy atom. The molecule has 0 amide bonds. The summed E-state index contributed by atoms with van der Waals surface area (Å²) in [6, 6.07) is 1.40. The monoisotopic (exact) mass is 306 g/mol. The van der Waals surface area contributed by atoms with Crippen LogP contribution in [0.15, 0.2) is 16.3 Å². The smallest absolute Gasteiger partial charge is 0.349 e. The van der Waals surface area contributed by atoms with Gasteiger partial charge in [0, 0.05) is 6.54 Å². The maximum absolute atomic E-state index is 12.1. The molecule has 0 saturated carbocycles. The molecule has 1 aromatic rings. The van der Waals surface area contributed by atoms with E-state index in [1.54, 1.807) is 12.4 Å². The maximum Gasteiger partial charge on any atom is 0.349 e. The van der Waals surface area contributed by atoms with Crippen LogP contribution in [0, 0.1) is 5.92 Å². The number of esters is 1. The molecular weight excluding hydrogens is 288 g/mol. The van der Waals surface area contributed by atoms with E-state index in [4.69, 9.17) is 0 Å². The van der Waals surface area contributed by atoms with Crippen molar-refractivity contribution in [3.05, 3.63) is 16.3 Å². The summed E-state index contributed by atoms with van der Waals surface area (Å²) in [5, 5.41) is 4.52. The van der Waals surface area contributed by atoms with Crippen molar-refractivity contribution in [2.75, 3.05) is 27.2 Å². The summed E-state index contributed by atoms with van der Waals surface area (Å²) in [5.74, 6) is -0.487. The second-order valence-electron chi connectivity index (χ2n) is 4.12. The molecule has 1 heterocycles. The number of methoxy groups -OCH3 is 1. The van der Waals surface area contributed by atoms with Crippen LogP contribution in [0.4, 0.5) is 0 Å². The van der Waals surface area contributed by atoms with Gasteiger partial charge in [-0.05, 0) is 31.0 Å². The molecule has 0 bridgehead atoms. The van der Waals surface area contributed by atoms with E-state index in [0.717, 1.165) is 11.3 Å². The summed E-state index contributed by atoms with van der Waals surface area (Å²) in [5.41, 5.74) is 0. The van der Waals surface area contributed by atoms with E-state index in [9.17, 15) is 13.2 Å². The Bertz CT molecular complexity index is 525. The molecule has 0 aromatic carbocycles. The number of nitrogens with one attached hydrogen (secondary N) is 2. The molecule has 0 aliphatic heterocycles. The Labute approximate surface area is 117 Å². The lowest BCUT2D eigenvalue weighted by Gasteiger charge is -2.12. The van der Waals surface area contributed by atoms with Crippen LogP contribution >= 0.6 is 11.3 Å². The van der Waals surface area contributed by atoms with Crippen molar-refractivity contribution >= 4 is 27.3 Å². The lowest BCUT2D eigenvalue weighted by Crippen LogP contribution is -2.32. The first-order valence-corrected chi connectivity index (χ1v) is 8.08. The molecule has 1 unspecified atom stereocenters. The van der Waals surface area contributed by atoms with Gasteiger partial charge >= 0.3 is 5.97 Å². The molecule has 0 radical (unpaired) electrons. The molecule has 1 rings (SSSR count). The van der Waals surface area contributed by atoms with Gasteiger partial charge in [0.15, 0.2) is 0 Å². The molecular formula is C11H18N2O4S2. The summed E-state index contributed by atoms with van der Waals surface area (Å²) < 4.78 is 31.3. The first-order chi connectivity index (χ1) is 8.92. The molecule has 1 aromatic heterocycles. The number of rotatable bonds is 7. The summed E-state index contributed by atoms with van der Waals surface area (Å²) >= 11 is 1.05. The molecule has 0 aliphatic carbocycles. The second kappa shape index (κ2) is 6.99. The normalized spacial score (nSPS) is 13.2. The molecule has 6 nitrogen and oxygen atoms in total. The number of sulfonamides is 1. The van der Waals surface area contributed by atoms with Crippen molar-refractivity contribution in [2.45, 2.75) is 11.8 Å². The quantitative estimate of drug-likeness (QED) is 0.723. The molecule has 2 N–H and O–H groups in total. The van der Waals surface area contributed by atoms with Gasteiger partial charge in [0.25, 0.3) is 0 Å². The zero-order chi connectivity index (χ0) is 14.5. The fraction of sp³-hybridized carbons (Fsp3) is 0.545. The van der Waals surface area contributed by atoms with E-state index in [-0.39, 0.29) is 15.7 Å². The van der Waals surface area contributed by atoms with E-state index in [2.05, 4.69) is 14.8 Å². The number of carbonyl (C=O) groups excluding carboxylic acids is 1. The SMILES string of the molecule is CNCC(C)CNS(=O)(=O)c1ccsc1C(=O)OC. The molecule has 1 atom stereocenters. The van der Waals surface area contributed by atoms with Crippen LogP contribution in [0.1, 0.15) is 16.6 Å². The minimum Gasteiger partial charge on any atom is -0.465 e. The van der Waals surface area contributed by atoms with E-state index in [1.807, 2.05) is 6.92 Å². The average molecular weight is 306 g/mol. The third-order valence-electron chi connectivity index (χ3n) is 2.46. The van der Waals surface area contributed by atoms with Crippen LogP contribution in [0.3, 0.4) is 0 Å². The average Bonchev–Trinajstić information content (AvgIpc) is 2.86. The highest BCUT2D eigenvalue weighted by molar-refractivity contribution is 7.89. The number of thiophene rings is 1. The van der Waals surface area contributed by atoms with Crippen molar-refractivity contribution in [3.63, 3.8) is 0 Å². The Morgan fingerprint density at radius 1 is 1.47 bits per heavy atom. The molecule has 0 aliphatic rings. The predicted octanol–water partition coefficient (Wildman–Crippen LogP) is 0.669. The lowest BCUT2D eigenvalue weighted by molar-refractivity contribution is 0.0602. The minimum absolute atomic E-state index is 0.0268. The van der Waals surface area contributed by atoms with Gasteiger partial charge in [0.2, 0.25) is 10.0 Å². The first-order valence-electron chi connectivity index (χ1n) is 5.72. The third kappa shape index (κ3) is 4.27. The molecule has 0 spiro atoms. The van der Waals surface area contributed by atoms with Crippen molar-refractivity contribution < 1.29 is 17.9 Å². The Kier molecular flexibility index (Phi) is 5.92. The Balaban J connectivity index is 2.83. The minimum atomic E-state index is -3.68. The van der Waals surface area contributed by atoms with Gasteiger partial charge in [-0.25, -0.2) is 17.9 Å². The van der Waals surface area contributed by atoms with Gasteiger partial charge in [0.05, 0.1) is 7.11 Å². The number of hydrogen-bond donors (Lipinski definition) is 2. The van der Waals surface area contributed by atoms with Gasteiger partial charge < -0.3 is 10.1 Å². The molecule has 108 valence electrons. The highest BCUT2D eigenvalue weighted by Crippen LogP contribution is 2.22. The van der Waals surface area contributed by atoms with Crippen LogP contribution in [0.2, 0.25) is 0 Å². The van der Waals surface area contributed by atoms with Crippen LogP contribution in [-0.2, 0) is 14.8 Å². The largest absolute Gasteiger partial charge is 0.465 e. The molecule has 19 heavy (non-hydrogen) atoms. The van der Waals surface area contributed by atoms with Crippen molar-refractivity contribution in [2.24, 2.45) is 5.92 Å². The van der Waals surface area contributed by atoms with Crippen LogP contribution in [-0.4, -0.2) is 41.6 Å². The lowest BCUT2D eigenvalue weighted by atomic mass is 10.2. The molecule has 0 fully saturated rings. The zero-order valence-corrected chi connectivity index (χ0v) is 12.7. The standard InChI is InChI=1S/C11H18N2O4S2/c1-8(6-12-2)7-13-19(15,16)9-4-5-18-10(9)11(14)17-3/h4-5,8,12-13H,6-7H2,1-3H3. The fourth-order valence-electron chi connectivity index (χ4n) is 1.50. The second-order valence-corrected chi connectivity index (χ2v) is 6.77. The maximum atomic E-state index is 12.1. The van der Waals surface area contributed by atoms with Crippen LogP contribution in [0.5, 0.6) is 0 Å². The summed E-state index contributed by atoms with van der Waals surface area (Å²) in [6.45, 7) is 2.93. The van der Waals surface area contributed by atoms with Crippen molar-refractivity contribution in [1.29, 1.82) is 0 Å².